The van der Waals surface area contributed by atoms with E-state index < -0.39 is 0 Å². The van der Waals surface area contributed by atoms with Crippen molar-refractivity contribution in [2.75, 3.05) is 5.32 Å². The molecular weight excluding hydrogens is 222 g/mol. The van der Waals surface area contributed by atoms with Crippen LogP contribution in [-0.4, -0.2) is 31.1 Å². The van der Waals surface area contributed by atoms with Crippen LogP contribution in [0.5, 0.6) is 0 Å². The molecule has 88 valence electrons. The first kappa shape index (κ1) is 11.1. The van der Waals surface area contributed by atoms with Crippen molar-refractivity contribution in [1.82, 2.24) is 25.2 Å². The van der Waals surface area contributed by atoms with E-state index in [-0.39, 0.29) is 18.4 Å². The molecular formula is C9H11N7O. The minimum atomic E-state index is -0.324. The zero-order valence-corrected chi connectivity index (χ0v) is 9.16. The number of hydrogen-bond donors (Lipinski definition) is 2. The van der Waals surface area contributed by atoms with E-state index in [1.165, 1.54) is 11.0 Å². The molecule has 3 N–H and O–H groups in total. The number of nitrogens with two attached hydrogens (primary N) is 1. The molecule has 0 radical (unpaired) electrons. The van der Waals surface area contributed by atoms with Gasteiger partial charge in [-0.15, -0.1) is 5.10 Å². The van der Waals surface area contributed by atoms with E-state index >= 15 is 0 Å². The molecule has 8 nitrogen and oxygen atoms in total. The van der Waals surface area contributed by atoms with Crippen LogP contribution in [-0.2, 0) is 13.6 Å². The third-order valence-electron chi connectivity index (χ3n) is 2.02. The molecule has 17 heavy (non-hydrogen) atoms. The fourth-order valence-electron chi connectivity index (χ4n) is 1.24. The first-order valence-electron chi connectivity index (χ1n) is 4.89. The Hall–Kier alpha value is -2.35. The van der Waals surface area contributed by atoms with Crippen LogP contribution >= 0.6 is 0 Å². The van der Waals surface area contributed by atoms with Crippen LogP contribution in [0.25, 0.3) is 0 Å². The van der Waals surface area contributed by atoms with Crippen molar-refractivity contribution in [3.05, 3.63) is 29.6 Å². The fourth-order valence-corrected chi connectivity index (χ4v) is 1.24. The highest BCUT2D eigenvalue weighted by Gasteiger charge is 2.09. The Kier molecular flexibility index (Phi) is 3.06. The lowest BCUT2D eigenvalue weighted by Gasteiger charge is -2.01. The number of nitrogens with zero attached hydrogens (tertiary/aromatic N) is 5. The minimum Gasteiger partial charge on any atom is -0.325 e. The second-order valence-electron chi connectivity index (χ2n) is 3.30. The van der Waals surface area contributed by atoms with Gasteiger partial charge in [0, 0.05) is 18.3 Å². The zero-order valence-electron chi connectivity index (χ0n) is 9.16. The van der Waals surface area contributed by atoms with Gasteiger partial charge in [-0.05, 0) is 17.3 Å². The molecule has 2 aromatic heterocycles. The van der Waals surface area contributed by atoms with Gasteiger partial charge in [0.05, 0.1) is 12.7 Å². The number of aromatic nitrogens is 5. The maximum atomic E-state index is 11.8. The molecule has 2 heterocycles. The standard InChI is InChI=1S/C9H11N7O/c1-16-14-9(13-15-16)12-8(17)6-2-3-11-7(4-6)5-10/h2-4H,5,10H2,1H3,(H,12,14,17). The summed E-state index contributed by atoms with van der Waals surface area (Å²) in [5.74, 6) is -0.168. The number of pyridine rings is 1. The Morgan fingerprint density at radius 1 is 1.59 bits per heavy atom. The van der Waals surface area contributed by atoms with Crippen molar-refractivity contribution in [2.45, 2.75) is 6.54 Å². The molecule has 0 aliphatic carbocycles. The molecule has 0 unspecified atom stereocenters. The van der Waals surface area contributed by atoms with Crippen molar-refractivity contribution >= 4 is 11.9 Å². The first-order valence-corrected chi connectivity index (χ1v) is 4.89. The highest BCUT2D eigenvalue weighted by molar-refractivity contribution is 6.03. The van der Waals surface area contributed by atoms with Crippen LogP contribution in [0.3, 0.4) is 0 Å². The molecule has 2 aromatic rings. The van der Waals surface area contributed by atoms with E-state index in [1.54, 1.807) is 19.2 Å². The normalized spacial score (nSPS) is 10.2. The van der Waals surface area contributed by atoms with Gasteiger partial charge in [-0.1, -0.05) is 5.10 Å². The number of tetrazole rings is 1. The van der Waals surface area contributed by atoms with Crippen molar-refractivity contribution in [2.24, 2.45) is 12.8 Å². The number of nitrogens with one attached hydrogen (secondary N) is 1. The van der Waals surface area contributed by atoms with E-state index in [9.17, 15) is 4.79 Å². The van der Waals surface area contributed by atoms with Gasteiger partial charge in [0.2, 0.25) is 0 Å². The molecule has 0 aliphatic rings. The molecule has 0 fully saturated rings. The first-order chi connectivity index (χ1) is 8.19. The lowest BCUT2D eigenvalue weighted by Crippen LogP contribution is -2.14. The predicted molar refractivity (Wildman–Crippen MR) is 58.9 cm³/mol. The van der Waals surface area contributed by atoms with Gasteiger partial charge in [0.1, 0.15) is 0 Å². The quantitative estimate of drug-likeness (QED) is 0.726. The molecule has 0 bridgehead atoms. The summed E-state index contributed by atoms with van der Waals surface area (Å²) in [5.41, 5.74) is 6.54. The Labute approximate surface area is 96.8 Å². The van der Waals surface area contributed by atoms with E-state index in [1.807, 2.05) is 0 Å². The van der Waals surface area contributed by atoms with E-state index in [4.69, 9.17) is 5.73 Å². The number of carbonyl (C=O) groups is 1. The maximum Gasteiger partial charge on any atom is 0.270 e. The van der Waals surface area contributed by atoms with Crippen molar-refractivity contribution in [3.63, 3.8) is 0 Å². The van der Waals surface area contributed by atoms with Crippen LogP contribution in [0, 0.1) is 0 Å². The molecule has 0 spiro atoms. The van der Waals surface area contributed by atoms with Crippen LogP contribution < -0.4 is 11.1 Å². The van der Waals surface area contributed by atoms with Gasteiger partial charge in [-0.2, -0.15) is 4.80 Å². The third-order valence-corrected chi connectivity index (χ3v) is 2.02. The SMILES string of the molecule is Cn1nnc(NC(=O)c2ccnc(CN)c2)n1. The molecule has 2 rings (SSSR count). The zero-order chi connectivity index (χ0) is 12.3. The average Bonchev–Trinajstić information content (AvgIpc) is 2.75. The van der Waals surface area contributed by atoms with Gasteiger partial charge in [-0.25, -0.2) is 0 Å². The van der Waals surface area contributed by atoms with E-state index in [0.29, 0.717) is 11.3 Å². The Bertz CT molecular complexity index is 536. The molecule has 0 atom stereocenters. The summed E-state index contributed by atoms with van der Waals surface area (Å²) in [6.45, 7) is 0.282. The summed E-state index contributed by atoms with van der Waals surface area (Å²) >= 11 is 0. The average molecular weight is 233 g/mol. The molecule has 0 saturated heterocycles. The van der Waals surface area contributed by atoms with Crippen molar-refractivity contribution in [1.29, 1.82) is 0 Å². The predicted octanol–water partition coefficient (Wildman–Crippen LogP) is -0.684. The van der Waals surface area contributed by atoms with Gasteiger partial charge in [-0.3, -0.25) is 15.1 Å². The van der Waals surface area contributed by atoms with E-state index in [0.717, 1.165) is 0 Å². The number of amides is 1. The van der Waals surface area contributed by atoms with Gasteiger partial charge < -0.3 is 5.73 Å². The maximum absolute atomic E-state index is 11.8. The minimum absolute atomic E-state index is 0.156. The third kappa shape index (κ3) is 2.61. The van der Waals surface area contributed by atoms with Crippen LogP contribution in [0.1, 0.15) is 16.1 Å². The van der Waals surface area contributed by atoms with E-state index in [2.05, 4.69) is 25.7 Å². The Balaban J connectivity index is 2.14. The number of anilines is 1. The highest BCUT2D eigenvalue weighted by Crippen LogP contribution is 2.04. The summed E-state index contributed by atoms with van der Waals surface area (Å²) in [6.07, 6.45) is 1.53. The molecule has 0 aliphatic heterocycles. The fraction of sp³-hybridized carbons (Fsp3) is 0.222. The summed E-state index contributed by atoms with van der Waals surface area (Å²) < 4.78 is 0. The van der Waals surface area contributed by atoms with Crippen molar-refractivity contribution < 1.29 is 4.79 Å². The van der Waals surface area contributed by atoms with Crippen LogP contribution in [0.4, 0.5) is 5.95 Å². The van der Waals surface area contributed by atoms with Gasteiger partial charge in [0.25, 0.3) is 11.9 Å². The summed E-state index contributed by atoms with van der Waals surface area (Å²) in [4.78, 5) is 17.1. The summed E-state index contributed by atoms with van der Waals surface area (Å²) in [6, 6.07) is 3.20. The second-order valence-corrected chi connectivity index (χ2v) is 3.30. The Morgan fingerprint density at radius 2 is 2.41 bits per heavy atom. The van der Waals surface area contributed by atoms with Crippen molar-refractivity contribution in [3.8, 4) is 0 Å². The smallest absolute Gasteiger partial charge is 0.270 e. The lowest BCUT2D eigenvalue weighted by atomic mass is 10.2. The highest BCUT2D eigenvalue weighted by atomic mass is 16.1. The number of rotatable bonds is 3. The van der Waals surface area contributed by atoms with Gasteiger partial charge >= 0.3 is 0 Å². The molecule has 0 aromatic carbocycles. The number of carbonyl (C=O) groups excluding carboxylic acids is 1. The number of aryl methyl sites for hydroxylation is 1. The molecule has 0 saturated carbocycles. The topological polar surface area (TPSA) is 112 Å². The molecule has 1 amide bonds. The van der Waals surface area contributed by atoms with Crippen LogP contribution in [0.2, 0.25) is 0 Å². The Morgan fingerprint density at radius 3 is 3.06 bits per heavy atom. The molecule has 8 heteroatoms. The summed E-state index contributed by atoms with van der Waals surface area (Å²) in [5, 5.41) is 13.6. The van der Waals surface area contributed by atoms with Gasteiger partial charge in [0.15, 0.2) is 0 Å². The lowest BCUT2D eigenvalue weighted by molar-refractivity contribution is 0.102. The van der Waals surface area contributed by atoms with Crippen LogP contribution in [0.15, 0.2) is 18.3 Å². The largest absolute Gasteiger partial charge is 0.325 e. The monoisotopic (exact) mass is 233 g/mol. The summed E-state index contributed by atoms with van der Waals surface area (Å²) in [7, 11) is 1.61. The number of hydrogen-bond acceptors (Lipinski definition) is 6. The second kappa shape index (κ2) is 4.66.